The van der Waals surface area contributed by atoms with Crippen molar-refractivity contribution in [2.24, 2.45) is 17.6 Å². The van der Waals surface area contributed by atoms with Gasteiger partial charge in [-0.15, -0.1) is 23.5 Å². The summed E-state index contributed by atoms with van der Waals surface area (Å²) in [6.45, 7) is 0.477. The minimum atomic E-state index is -0.549. The molecule has 2 aliphatic heterocycles. The number of Topliss-reactive ketones (excluding diaryl/α,β-unsaturated/α-hetero) is 1. The molecule has 0 aromatic heterocycles. The zero-order valence-corrected chi connectivity index (χ0v) is 16.6. The van der Waals surface area contributed by atoms with Crippen molar-refractivity contribution in [3.05, 3.63) is 23.5 Å². The van der Waals surface area contributed by atoms with E-state index in [0.29, 0.717) is 35.8 Å². The van der Waals surface area contributed by atoms with Gasteiger partial charge in [-0.05, 0) is 56.6 Å². The lowest BCUT2D eigenvalue weighted by molar-refractivity contribution is -0.117. The lowest BCUT2D eigenvalue weighted by Crippen LogP contribution is -2.29. The van der Waals surface area contributed by atoms with Crippen LogP contribution in [0, 0.1) is 11.8 Å². The fourth-order valence-electron chi connectivity index (χ4n) is 4.05. The number of ketones is 1. The first-order valence-corrected chi connectivity index (χ1v) is 11.6. The zero-order valence-electron chi connectivity index (χ0n) is 15.0. The van der Waals surface area contributed by atoms with Gasteiger partial charge in [0.05, 0.1) is 10.6 Å². The highest BCUT2D eigenvalue weighted by molar-refractivity contribution is 8.20. The topological polar surface area (TPSA) is 92.4 Å². The monoisotopic (exact) mass is 396 g/mol. The van der Waals surface area contributed by atoms with Crippen LogP contribution in [0.5, 0.6) is 0 Å². The molecule has 0 aromatic rings. The summed E-state index contributed by atoms with van der Waals surface area (Å²) in [6.07, 6.45) is 9.54. The summed E-state index contributed by atoms with van der Waals surface area (Å²) >= 11 is 4.11. The van der Waals surface area contributed by atoms with E-state index < -0.39 is 11.9 Å². The number of hydrogen-bond donors (Lipinski definition) is 3. The summed E-state index contributed by atoms with van der Waals surface area (Å²) in [4.78, 5) is 24.4. The van der Waals surface area contributed by atoms with Crippen LogP contribution in [0.3, 0.4) is 0 Å². The van der Waals surface area contributed by atoms with Crippen LogP contribution in [-0.4, -0.2) is 45.5 Å². The summed E-state index contributed by atoms with van der Waals surface area (Å²) < 4.78 is 0.700. The molecule has 26 heavy (non-hydrogen) atoms. The van der Waals surface area contributed by atoms with Crippen molar-refractivity contribution in [3.8, 4) is 0 Å². The van der Waals surface area contributed by atoms with Gasteiger partial charge in [0.15, 0.2) is 5.78 Å². The quantitative estimate of drug-likeness (QED) is 0.348. The molecule has 1 amide bonds. The summed E-state index contributed by atoms with van der Waals surface area (Å²) in [6, 6.07) is -0.549. The Morgan fingerprint density at radius 3 is 2.77 bits per heavy atom. The highest BCUT2D eigenvalue weighted by Crippen LogP contribution is 2.43. The maximum atomic E-state index is 12.4. The highest BCUT2D eigenvalue weighted by Gasteiger charge is 2.37. The third-order valence-corrected chi connectivity index (χ3v) is 8.54. The molecule has 0 spiro atoms. The normalized spacial score (nSPS) is 32.0. The Labute approximate surface area is 163 Å². The van der Waals surface area contributed by atoms with E-state index >= 15 is 0 Å². The van der Waals surface area contributed by atoms with E-state index in [2.05, 4.69) is 28.8 Å². The molecule has 3 aliphatic rings. The van der Waals surface area contributed by atoms with Crippen LogP contribution >= 0.6 is 23.5 Å². The number of thioether (sulfide) groups is 2. The number of aliphatic hydroxyl groups excluding tert-OH is 1. The van der Waals surface area contributed by atoms with Crippen LogP contribution in [0.4, 0.5) is 0 Å². The average Bonchev–Trinajstić information content (AvgIpc) is 3.34. The summed E-state index contributed by atoms with van der Waals surface area (Å²) in [5, 5.41) is 13.0. The molecule has 1 saturated carbocycles. The number of aliphatic hydroxyl groups is 1. The van der Waals surface area contributed by atoms with Crippen LogP contribution < -0.4 is 11.1 Å². The maximum Gasteiger partial charge on any atom is 0.259 e. The van der Waals surface area contributed by atoms with Crippen molar-refractivity contribution >= 4 is 35.2 Å². The van der Waals surface area contributed by atoms with E-state index in [1.165, 1.54) is 30.8 Å². The maximum absolute atomic E-state index is 12.4. The number of carbonyl (C=O) groups excluding carboxylic acids is 2. The molecule has 144 valence electrons. The van der Waals surface area contributed by atoms with E-state index in [1.807, 2.05) is 6.08 Å². The molecular formula is C19H28N2O3S2. The molecule has 5 nitrogen and oxygen atoms in total. The smallest absolute Gasteiger partial charge is 0.259 e. The molecule has 4 N–H and O–H groups in total. The molecule has 0 radical (unpaired) electrons. The molecule has 2 saturated heterocycles. The largest absolute Gasteiger partial charge is 0.507 e. The third-order valence-electron chi connectivity index (χ3n) is 5.45. The van der Waals surface area contributed by atoms with Gasteiger partial charge in [0.25, 0.3) is 5.91 Å². The fourth-order valence-corrected chi connectivity index (χ4v) is 7.07. The molecule has 3 atom stereocenters. The van der Waals surface area contributed by atoms with Crippen LogP contribution in [0.25, 0.3) is 0 Å². The average molecular weight is 397 g/mol. The number of nitrogens with two attached hydrogens (primary N) is 1. The molecular weight excluding hydrogens is 368 g/mol. The van der Waals surface area contributed by atoms with Crippen LogP contribution in [-0.2, 0) is 9.59 Å². The lowest BCUT2D eigenvalue weighted by Gasteiger charge is -2.19. The van der Waals surface area contributed by atoms with Gasteiger partial charge in [-0.1, -0.05) is 12.5 Å². The molecule has 7 heteroatoms. The van der Waals surface area contributed by atoms with E-state index in [4.69, 9.17) is 5.73 Å². The minimum Gasteiger partial charge on any atom is -0.507 e. The third kappa shape index (κ3) is 4.67. The Hall–Kier alpha value is -0.920. The number of nitrogens with one attached hydrogen (secondary N) is 1. The molecule has 1 aliphatic carbocycles. The Bertz CT molecular complexity index is 600. The Morgan fingerprint density at radius 1 is 1.27 bits per heavy atom. The van der Waals surface area contributed by atoms with Gasteiger partial charge in [0.1, 0.15) is 11.3 Å². The Balaban J connectivity index is 1.63. The van der Waals surface area contributed by atoms with Gasteiger partial charge < -0.3 is 16.2 Å². The van der Waals surface area contributed by atoms with E-state index in [9.17, 15) is 14.7 Å². The number of hydrogen-bond acceptors (Lipinski definition) is 6. The van der Waals surface area contributed by atoms with Gasteiger partial charge in [0, 0.05) is 11.5 Å². The van der Waals surface area contributed by atoms with Gasteiger partial charge in [-0.25, -0.2) is 0 Å². The van der Waals surface area contributed by atoms with Crippen molar-refractivity contribution in [2.45, 2.75) is 49.1 Å². The SMILES string of the molecule is NCCCC1NC(=O)/C(=C(\O)C=CC2CCCC2CC2SCCS2)C1=O. The van der Waals surface area contributed by atoms with Gasteiger partial charge >= 0.3 is 0 Å². The molecule has 3 fully saturated rings. The van der Waals surface area contributed by atoms with Crippen LogP contribution in [0.15, 0.2) is 23.5 Å². The zero-order chi connectivity index (χ0) is 18.5. The predicted octanol–water partition coefficient (Wildman–Crippen LogP) is 2.77. The second-order valence-corrected chi connectivity index (χ2v) is 10.1. The predicted molar refractivity (Wildman–Crippen MR) is 108 cm³/mol. The number of allylic oxidation sites excluding steroid dienone is 2. The fraction of sp³-hybridized carbons (Fsp3) is 0.684. The lowest BCUT2D eigenvalue weighted by atomic mass is 9.92. The van der Waals surface area contributed by atoms with Crippen LogP contribution in [0.1, 0.15) is 38.5 Å². The van der Waals surface area contributed by atoms with E-state index in [0.717, 1.165) is 6.42 Å². The van der Waals surface area contributed by atoms with Gasteiger partial charge in [-0.2, -0.15) is 0 Å². The van der Waals surface area contributed by atoms with Gasteiger partial charge in [0.2, 0.25) is 0 Å². The Kier molecular flexibility index (Phi) is 7.12. The van der Waals surface area contributed by atoms with Crippen LogP contribution in [0.2, 0.25) is 0 Å². The second-order valence-electron chi connectivity index (χ2n) is 7.20. The van der Waals surface area contributed by atoms with Crippen molar-refractivity contribution in [2.75, 3.05) is 18.1 Å². The molecule has 3 unspecified atom stereocenters. The number of amides is 1. The minimum absolute atomic E-state index is 0.0975. The first kappa shape index (κ1) is 19.8. The highest BCUT2D eigenvalue weighted by atomic mass is 32.2. The second kappa shape index (κ2) is 9.33. The molecule has 0 bridgehead atoms. The standard InChI is InChI=1S/C19H28N2O3S2/c20-8-2-5-14-18(23)17(19(24)21-14)15(22)7-6-12-3-1-4-13(12)11-16-25-9-10-26-16/h6-7,12-14,16,22H,1-5,8-11,20H2,(H,21,24)/b7-6?,17-15-. The number of rotatable bonds is 7. The van der Waals surface area contributed by atoms with Crippen molar-refractivity contribution in [1.82, 2.24) is 5.32 Å². The first-order valence-electron chi connectivity index (χ1n) is 9.50. The van der Waals surface area contributed by atoms with Gasteiger partial charge in [-0.3, -0.25) is 9.59 Å². The first-order chi connectivity index (χ1) is 12.6. The molecule has 0 aromatic carbocycles. The van der Waals surface area contributed by atoms with Crippen molar-refractivity contribution in [1.29, 1.82) is 0 Å². The van der Waals surface area contributed by atoms with Crippen molar-refractivity contribution < 1.29 is 14.7 Å². The summed E-state index contributed by atoms with van der Waals surface area (Å²) in [7, 11) is 0. The molecule has 3 rings (SSSR count). The summed E-state index contributed by atoms with van der Waals surface area (Å²) in [5.74, 6) is 2.58. The van der Waals surface area contributed by atoms with Crippen molar-refractivity contribution in [3.63, 3.8) is 0 Å². The summed E-state index contributed by atoms with van der Waals surface area (Å²) in [5.41, 5.74) is 5.37. The van der Waals surface area contributed by atoms with E-state index in [1.54, 1.807) is 6.08 Å². The van der Waals surface area contributed by atoms with E-state index in [-0.39, 0.29) is 17.1 Å². The Morgan fingerprint density at radius 2 is 2.04 bits per heavy atom. The number of carbonyl (C=O) groups is 2. The molecule has 2 heterocycles.